The van der Waals surface area contributed by atoms with Crippen LogP contribution in [0, 0.1) is 0 Å². The Morgan fingerprint density at radius 3 is 2.42 bits per heavy atom. The fraction of sp³-hybridized carbons (Fsp3) is 0.423. The first-order valence-electron chi connectivity index (χ1n) is 11.4. The number of nitrogens with one attached hydrogen (secondary N) is 1. The molecule has 1 N–H and O–H groups in total. The molecule has 174 valence electrons. The van der Waals surface area contributed by atoms with Gasteiger partial charge >= 0.3 is 0 Å². The number of halogens is 1. The van der Waals surface area contributed by atoms with Gasteiger partial charge in [-0.1, -0.05) is 29.8 Å². The zero-order chi connectivity index (χ0) is 23.8. The van der Waals surface area contributed by atoms with Crippen LogP contribution in [0.4, 0.5) is 0 Å². The average Bonchev–Trinajstić information content (AvgIpc) is 2.77. The summed E-state index contributed by atoms with van der Waals surface area (Å²) in [7, 11) is 0. The Hall–Kier alpha value is -2.86. The van der Waals surface area contributed by atoms with Gasteiger partial charge in [0.15, 0.2) is 0 Å². The molecule has 0 aromatic heterocycles. The van der Waals surface area contributed by atoms with Crippen molar-refractivity contribution in [3.63, 3.8) is 0 Å². The first kappa shape index (κ1) is 23.3. The number of fused-ring (bicyclic) bond motifs is 2. The third-order valence-corrected chi connectivity index (χ3v) is 6.44. The summed E-state index contributed by atoms with van der Waals surface area (Å²) in [5, 5.41) is 3.57. The lowest BCUT2D eigenvalue weighted by Gasteiger charge is -2.44. The molecule has 33 heavy (non-hydrogen) atoms. The van der Waals surface area contributed by atoms with Crippen LogP contribution in [-0.2, 0) is 4.79 Å². The van der Waals surface area contributed by atoms with Crippen LogP contribution in [0.25, 0.3) is 0 Å². The second-order valence-corrected chi connectivity index (χ2v) is 10.3. The zero-order valence-electron chi connectivity index (χ0n) is 19.3. The molecule has 1 saturated heterocycles. The molecule has 2 atom stereocenters. The fourth-order valence-corrected chi connectivity index (χ4v) is 4.85. The van der Waals surface area contributed by atoms with Gasteiger partial charge in [0, 0.05) is 40.8 Å². The SMILES string of the molecule is CC(C)(C)NC(=O)C1c2ccccc2C(=O)N2CCCCC2CN1C(=O)c1ccc(Cl)cc1. The lowest BCUT2D eigenvalue weighted by atomic mass is 9.90. The number of carbonyl (C=O) groups excluding carboxylic acids is 3. The van der Waals surface area contributed by atoms with Crippen molar-refractivity contribution in [3.05, 3.63) is 70.2 Å². The first-order valence-corrected chi connectivity index (χ1v) is 11.8. The predicted octanol–water partition coefficient (Wildman–Crippen LogP) is 4.45. The maximum atomic E-state index is 13.8. The van der Waals surface area contributed by atoms with E-state index >= 15 is 0 Å². The Morgan fingerprint density at radius 1 is 1.03 bits per heavy atom. The fourth-order valence-electron chi connectivity index (χ4n) is 4.72. The van der Waals surface area contributed by atoms with E-state index in [1.165, 1.54) is 0 Å². The van der Waals surface area contributed by atoms with Crippen molar-refractivity contribution in [1.29, 1.82) is 0 Å². The minimum Gasteiger partial charge on any atom is -0.349 e. The molecule has 2 aromatic carbocycles. The summed E-state index contributed by atoms with van der Waals surface area (Å²) in [6.07, 6.45) is 2.72. The molecule has 2 heterocycles. The van der Waals surface area contributed by atoms with Gasteiger partial charge in [0.05, 0.1) is 0 Å². The van der Waals surface area contributed by atoms with Crippen molar-refractivity contribution >= 4 is 29.3 Å². The molecule has 6 nitrogen and oxygen atoms in total. The third kappa shape index (κ3) is 4.91. The van der Waals surface area contributed by atoms with Crippen molar-refractivity contribution in [2.24, 2.45) is 0 Å². The normalized spacial score (nSPS) is 20.9. The van der Waals surface area contributed by atoms with Gasteiger partial charge in [-0.25, -0.2) is 0 Å². The minimum absolute atomic E-state index is 0.0672. The third-order valence-electron chi connectivity index (χ3n) is 6.19. The van der Waals surface area contributed by atoms with E-state index in [-0.39, 0.29) is 23.8 Å². The Balaban J connectivity index is 1.87. The summed E-state index contributed by atoms with van der Waals surface area (Å²) in [5.41, 5.74) is 0.993. The van der Waals surface area contributed by atoms with Crippen LogP contribution in [0.15, 0.2) is 48.5 Å². The highest BCUT2D eigenvalue weighted by molar-refractivity contribution is 6.30. The van der Waals surface area contributed by atoms with Crippen LogP contribution in [-0.4, -0.2) is 52.2 Å². The van der Waals surface area contributed by atoms with Crippen LogP contribution in [0.3, 0.4) is 0 Å². The highest BCUT2D eigenvalue weighted by Gasteiger charge is 2.42. The summed E-state index contributed by atoms with van der Waals surface area (Å²) in [6, 6.07) is 12.8. The molecule has 0 spiro atoms. The molecule has 4 rings (SSSR count). The topological polar surface area (TPSA) is 69.7 Å². The zero-order valence-corrected chi connectivity index (χ0v) is 20.1. The van der Waals surface area contributed by atoms with E-state index in [0.717, 1.165) is 19.3 Å². The smallest absolute Gasteiger partial charge is 0.254 e. The summed E-state index contributed by atoms with van der Waals surface area (Å²) >= 11 is 6.04. The molecular weight excluding hydrogens is 438 g/mol. The average molecular weight is 468 g/mol. The molecule has 0 aliphatic carbocycles. The van der Waals surface area contributed by atoms with Gasteiger partial charge in [0.2, 0.25) is 5.91 Å². The van der Waals surface area contributed by atoms with Gasteiger partial charge in [0.25, 0.3) is 11.8 Å². The second kappa shape index (κ2) is 9.18. The van der Waals surface area contributed by atoms with Gasteiger partial charge in [0.1, 0.15) is 6.04 Å². The largest absolute Gasteiger partial charge is 0.349 e. The van der Waals surface area contributed by atoms with Crippen LogP contribution in [0.1, 0.15) is 72.4 Å². The van der Waals surface area contributed by atoms with Gasteiger partial charge in [-0.15, -0.1) is 0 Å². The van der Waals surface area contributed by atoms with Gasteiger partial charge in [-0.05, 0) is 75.9 Å². The number of hydrogen-bond acceptors (Lipinski definition) is 3. The van der Waals surface area contributed by atoms with Gasteiger partial charge < -0.3 is 15.1 Å². The number of rotatable bonds is 2. The van der Waals surface area contributed by atoms with Gasteiger partial charge in [-0.3, -0.25) is 14.4 Å². The van der Waals surface area contributed by atoms with Crippen LogP contribution < -0.4 is 5.32 Å². The summed E-state index contributed by atoms with van der Waals surface area (Å²) in [4.78, 5) is 44.5. The molecule has 3 amide bonds. The number of nitrogens with zero attached hydrogens (tertiary/aromatic N) is 2. The van der Waals surface area contributed by atoms with E-state index < -0.39 is 11.6 Å². The van der Waals surface area contributed by atoms with Gasteiger partial charge in [-0.2, -0.15) is 0 Å². The van der Waals surface area contributed by atoms with Crippen molar-refractivity contribution < 1.29 is 14.4 Å². The van der Waals surface area contributed by atoms with E-state index in [9.17, 15) is 14.4 Å². The number of benzene rings is 2. The molecule has 0 radical (unpaired) electrons. The molecule has 0 saturated carbocycles. The van der Waals surface area contributed by atoms with E-state index in [2.05, 4.69) is 5.32 Å². The van der Waals surface area contributed by atoms with E-state index in [1.807, 2.05) is 31.7 Å². The highest BCUT2D eigenvalue weighted by atomic mass is 35.5. The quantitative estimate of drug-likeness (QED) is 0.709. The maximum Gasteiger partial charge on any atom is 0.254 e. The Morgan fingerprint density at radius 2 is 1.73 bits per heavy atom. The molecule has 2 unspecified atom stereocenters. The standard InChI is InChI=1S/C26H30ClN3O3/c1-26(2,3)28-23(31)22-20-9-4-5-10-21(20)25(33)29-15-7-6-8-19(29)16-30(22)24(32)17-11-13-18(27)14-12-17/h4-5,9-14,19,22H,6-8,15-16H2,1-3H3,(H,28,31). The number of amides is 3. The van der Waals surface area contributed by atoms with Crippen molar-refractivity contribution in [2.75, 3.05) is 13.1 Å². The molecular formula is C26H30ClN3O3. The van der Waals surface area contributed by atoms with Crippen LogP contribution in [0.5, 0.6) is 0 Å². The summed E-state index contributed by atoms with van der Waals surface area (Å²) < 4.78 is 0. The monoisotopic (exact) mass is 467 g/mol. The summed E-state index contributed by atoms with van der Waals surface area (Å²) in [5.74, 6) is -0.618. The Labute approximate surface area is 199 Å². The Kier molecular flexibility index (Phi) is 6.48. The van der Waals surface area contributed by atoms with E-state index in [0.29, 0.717) is 34.8 Å². The molecule has 2 aliphatic heterocycles. The van der Waals surface area contributed by atoms with Crippen LogP contribution in [0.2, 0.25) is 5.02 Å². The predicted molar refractivity (Wildman–Crippen MR) is 128 cm³/mol. The number of carbonyl (C=O) groups is 3. The number of piperidine rings is 1. The lowest BCUT2D eigenvalue weighted by Crippen LogP contribution is -2.56. The maximum absolute atomic E-state index is 13.8. The lowest BCUT2D eigenvalue weighted by molar-refractivity contribution is -0.127. The molecule has 2 aromatic rings. The second-order valence-electron chi connectivity index (χ2n) is 9.84. The minimum atomic E-state index is -0.920. The van der Waals surface area contributed by atoms with Crippen molar-refractivity contribution in [3.8, 4) is 0 Å². The van der Waals surface area contributed by atoms with Crippen molar-refractivity contribution in [1.82, 2.24) is 15.1 Å². The highest BCUT2D eigenvalue weighted by Crippen LogP contribution is 2.33. The molecule has 2 aliphatic rings. The van der Waals surface area contributed by atoms with Crippen molar-refractivity contribution in [2.45, 2.75) is 57.7 Å². The molecule has 0 bridgehead atoms. The van der Waals surface area contributed by atoms with E-state index in [4.69, 9.17) is 11.6 Å². The summed E-state index contributed by atoms with van der Waals surface area (Å²) in [6.45, 7) is 6.65. The molecule has 7 heteroatoms. The first-order chi connectivity index (χ1) is 15.7. The van der Waals surface area contributed by atoms with Crippen LogP contribution >= 0.6 is 11.6 Å². The molecule has 1 fully saturated rings. The Bertz CT molecular complexity index is 1060. The van der Waals surface area contributed by atoms with E-state index in [1.54, 1.807) is 47.4 Å². The number of hydrogen-bond donors (Lipinski definition) is 1.